The number of rotatable bonds is 9. The third-order valence-electron chi connectivity index (χ3n) is 5.77. The van der Waals surface area contributed by atoms with E-state index in [1.807, 2.05) is 48.5 Å². The Hall–Kier alpha value is -3.02. The van der Waals surface area contributed by atoms with Crippen LogP contribution in [0.4, 0.5) is 0 Å². The Morgan fingerprint density at radius 1 is 0.559 bits per heavy atom. The van der Waals surface area contributed by atoms with E-state index in [4.69, 9.17) is 23.2 Å². The highest BCUT2D eigenvalue weighted by atomic mass is 35.5. The van der Waals surface area contributed by atoms with Gasteiger partial charge in [0.15, 0.2) is 0 Å². The molecule has 34 heavy (non-hydrogen) atoms. The highest BCUT2D eigenvalue weighted by Crippen LogP contribution is 2.32. The number of benzene rings is 4. The van der Waals surface area contributed by atoms with Crippen molar-refractivity contribution in [3.63, 3.8) is 0 Å². The number of phenolic OH excluding ortho intramolecular Hbond substituents is 2. The van der Waals surface area contributed by atoms with Crippen molar-refractivity contribution < 1.29 is 10.2 Å². The van der Waals surface area contributed by atoms with E-state index in [0.717, 1.165) is 22.3 Å². The summed E-state index contributed by atoms with van der Waals surface area (Å²) in [5.41, 5.74) is 3.70. The Balaban J connectivity index is 1.65. The fourth-order valence-corrected chi connectivity index (χ4v) is 4.32. The molecule has 0 radical (unpaired) electrons. The van der Waals surface area contributed by atoms with Crippen molar-refractivity contribution in [1.29, 1.82) is 0 Å². The van der Waals surface area contributed by atoms with Crippen molar-refractivity contribution >= 4 is 23.2 Å². The van der Waals surface area contributed by atoms with E-state index < -0.39 is 0 Å². The minimum absolute atomic E-state index is 0.131. The first-order valence-corrected chi connectivity index (χ1v) is 11.8. The minimum atomic E-state index is -0.131. The molecule has 0 aliphatic carbocycles. The van der Waals surface area contributed by atoms with E-state index in [1.165, 1.54) is 0 Å². The molecule has 0 spiro atoms. The SMILES string of the molecule is Oc1cc(Cl)ccc1CN[C@@H](c1ccccc1)[C@@H](NCc1ccc(Cl)cc1O)c1ccccc1. The zero-order chi connectivity index (χ0) is 23.9. The smallest absolute Gasteiger partial charge is 0.121 e. The summed E-state index contributed by atoms with van der Waals surface area (Å²) in [5.74, 6) is 0.309. The molecule has 0 aliphatic heterocycles. The third kappa shape index (κ3) is 6.10. The van der Waals surface area contributed by atoms with Crippen LogP contribution in [0.25, 0.3) is 0 Å². The Morgan fingerprint density at radius 2 is 0.941 bits per heavy atom. The van der Waals surface area contributed by atoms with Crippen LogP contribution in [-0.2, 0) is 13.1 Å². The average Bonchev–Trinajstić information content (AvgIpc) is 2.84. The second-order valence-corrected chi connectivity index (χ2v) is 8.96. The molecule has 0 saturated heterocycles. The van der Waals surface area contributed by atoms with E-state index in [1.54, 1.807) is 24.3 Å². The van der Waals surface area contributed by atoms with Gasteiger partial charge in [0.25, 0.3) is 0 Å². The van der Waals surface area contributed by atoms with Crippen LogP contribution in [0, 0.1) is 0 Å². The molecular formula is C28H26Cl2N2O2. The van der Waals surface area contributed by atoms with Gasteiger partial charge in [0.2, 0.25) is 0 Å². The van der Waals surface area contributed by atoms with Crippen LogP contribution >= 0.6 is 23.2 Å². The predicted octanol–water partition coefficient (Wildman–Crippen LogP) is 6.77. The van der Waals surface area contributed by atoms with Gasteiger partial charge in [-0.25, -0.2) is 0 Å². The number of hydrogen-bond acceptors (Lipinski definition) is 4. The second-order valence-electron chi connectivity index (χ2n) is 8.08. The zero-order valence-corrected chi connectivity index (χ0v) is 20.0. The lowest BCUT2D eigenvalue weighted by Gasteiger charge is -2.30. The van der Waals surface area contributed by atoms with Gasteiger partial charge in [0.1, 0.15) is 11.5 Å². The zero-order valence-electron chi connectivity index (χ0n) is 18.5. The second kappa shape index (κ2) is 11.4. The molecule has 0 fully saturated rings. The average molecular weight is 493 g/mol. The van der Waals surface area contributed by atoms with E-state index in [-0.39, 0.29) is 23.6 Å². The fourth-order valence-electron chi connectivity index (χ4n) is 3.99. The van der Waals surface area contributed by atoms with E-state index in [2.05, 4.69) is 34.9 Å². The summed E-state index contributed by atoms with van der Waals surface area (Å²) in [5, 5.41) is 28.9. The lowest BCUT2D eigenvalue weighted by Crippen LogP contribution is -2.35. The van der Waals surface area contributed by atoms with Crippen molar-refractivity contribution in [2.75, 3.05) is 0 Å². The molecule has 4 aromatic carbocycles. The number of halogens is 2. The molecule has 4 aromatic rings. The summed E-state index contributed by atoms with van der Waals surface area (Å²) >= 11 is 12.0. The van der Waals surface area contributed by atoms with Crippen LogP contribution in [0.5, 0.6) is 11.5 Å². The maximum Gasteiger partial charge on any atom is 0.121 e. The Labute approximate surface area is 209 Å². The van der Waals surface area contributed by atoms with Gasteiger partial charge in [-0.15, -0.1) is 0 Å². The van der Waals surface area contributed by atoms with Crippen LogP contribution in [0.1, 0.15) is 34.3 Å². The van der Waals surface area contributed by atoms with Crippen molar-refractivity contribution in [3.05, 3.63) is 129 Å². The Morgan fingerprint density at radius 3 is 1.29 bits per heavy atom. The molecule has 4 rings (SSSR count). The molecular weight excluding hydrogens is 467 g/mol. The molecule has 4 N–H and O–H groups in total. The van der Waals surface area contributed by atoms with E-state index in [9.17, 15) is 10.2 Å². The van der Waals surface area contributed by atoms with Crippen molar-refractivity contribution in [2.24, 2.45) is 0 Å². The third-order valence-corrected chi connectivity index (χ3v) is 6.24. The molecule has 2 atom stereocenters. The maximum atomic E-state index is 10.4. The first kappa shape index (κ1) is 24.1. The largest absolute Gasteiger partial charge is 0.508 e. The normalized spacial score (nSPS) is 12.9. The molecule has 0 aliphatic rings. The van der Waals surface area contributed by atoms with Crippen LogP contribution in [0.15, 0.2) is 97.1 Å². The lowest BCUT2D eigenvalue weighted by atomic mass is 9.92. The quantitative estimate of drug-likeness (QED) is 0.208. The summed E-state index contributed by atoms with van der Waals surface area (Å²) in [6, 6.07) is 30.4. The van der Waals surface area contributed by atoms with Gasteiger partial charge in [0, 0.05) is 34.3 Å². The standard InChI is InChI=1S/C28H26Cl2N2O2/c29-23-13-11-21(25(33)15-23)17-31-27(19-7-3-1-4-8-19)28(20-9-5-2-6-10-20)32-18-22-12-14-24(30)16-26(22)34/h1-16,27-28,31-34H,17-18H2/t27-,28-/m0/s1. The minimum Gasteiger partial charge on any atom is -0.508 e. The van der Waals surface area contributed by atoms with Gasteiger partial charge < -0.3 is 20.8 Å². The van der Waals surface area contributed by atoms with Crippen LogP contribution in [-0.4, -0.2) is 10.2 Å². The molecule has 4 nitrogen and oxygen atoms in total. The van der Waals surface area contributed by atoms with Crippen LogP contribution in [0.3, 0.4) is 0 Å². The van der Waals surface area contributed by atoms with Crippen LogP contribution < -0.4 is 10.6 Å². The summed E-state index contributed by atoms with van der Waals surface area (Å²) in [6.07, 6.45) is 0. The highest BCUT2D eigenvalue weighted by Gasteiger charge is 2.25. The van der Waals surface area contributed by atoms with Gasteiger partial charge >= 0.3 is 0 Å². The monoisotopic (exact) mass is 492 g/mol. The molecule has 0 saturated carbocycles. The van der Waals surface area contributed by atoms with Gasteiger partial charge in [-0.1, -0.05) is 96.0 Å². The first-order chi connectivity index (χ1) is 16.5. The number of phenols is 2. The predicted molar refractivity (Wildman–Crippen MR) is 138 cm³/mol. The summed E-state index contributed by atoms with van der Waals surface area (Å²) < 4.78 is 0. The highest BCUT2D eigenvalue weighted by molar-refractivity contribution is 6.31. The maximum absolute atomic E-state index is 10.4. The van der Waals surface area contributed by atoms with Crippen molar-refractivity contribution in [1.82, 2.24) is 10.6 Å². The van der Waals surface area contributed by atoms with Gasteiger partial charge in [0.05, 0.1) is 12.1 Å². The lowest BCUT2D eigenvalue weighted by molar-refractivity contribution is 0.373. The number of aromatic hydroxyl groups is 2. The molecule has 6 heteroatoms. The van der Waals surface area contributed by atoms with E-state index in [0.29, 0.717) is 23.1 Å². The molecule has 0 unspecified atom stereocenters. The summed E-state index contributed by atoms with van der Waals surface area (Å²) in [7, 11) is 0. The Kier molecular flexibility index (Phi) is 8.09. The summed E-state index contributed by atoms with van der Waals surface area (Å²) in [4.78, 5) is 0. The van der Waals surface area contributed by atoms with Gasteiger partial charge in [-0.3, -0.25) is 0 Å². The van der Waals surface area contributed by atoms with Gasteiger partial charge in [-0.2, -0.15) is 0 Å². The van der Waals surface area contributed by atoms with E-state index >= 15 is 0 Å². The van der Waals surface area contributed by atoms with Crippen molar-refractivity contribution in [3.8, 4) is 11.5 Å². The number of nitrogens with one attached hydrogen (secondary N) is 2. The molecule has 0 aromatic heterocycles. The topological polar surface area (TPSA) is 64.5 Å². The fraction of sp³-hybridized carbons (Fsp3) is 0.143. The van der Waals surface area contributed by atoms with Crippen LogP contribution in [0.2, 0.25) is 10.0 Å². The molecule has 0 bridgehead atoms. The summed E-state index contributed by atoms with van der Waals surface area (Å²) in [6.45, 7) is 0.888. The molecule has 174 valence electrons. The van der Waals surface area contributed by atoms with Gasteiger partial charge in [-0.05, 0) is 35.4 Å². The van der Waals surface area contributed by atoms with Crippen molar-refractivity contribution in [2.45, 2.75) is 25.2 Å². The molecule has 0 amide bonds. The number of hydrogen-bond donors (Lipinski definition) is 4. The first-order valence-electron chi connectivity index (χ1n) is 11.0. The Bertz CT molecular complexity index is 1120. The molecule has 0 heterocycles.